The van der Waals surface area contributed by atoms with Gasteiger partial charge in [0.1, 0.15) is 19.0 Å². The van der Waals surface area contributed by atoms with Crippen LogP contribution in [0, 0.1) is 5.82 Å². The standard InChI is InChI=1S/C28H24FN3O3.ClH/c29-20-6-8-21(9-7-20)31-10-12-32(13-11-31)27-22-16-25-26(35-15-14-34-25)17-24(22)30-18-23(27)28(33)19-4-2-1-3-5-19;/h1-9,16-18H,10-15H2;1H. The molecule has 4 aromatic rings. The van der Waals surface area contributed by atoms with E-state index in [-0.39, 0.29) is 24.0 Å². The Balaban J connectivity index is 0.00000267. The van der Waals surface area contributed by atoms with Crippen LogP contribution in [-0.4, -0.2) is 50.2 Å². The largest absolute Gasteiger partial charge is 0.486 e. The number of rotatable bonds is 4. The van der Waals surface area contributed by atoms with Gasteiger partial charge in [-0.3, -0.25) is 9.78 Å². The normalized spacial score (nSPS) is 14.9. The Morgan fingerprint density at radius 1 is 0.833 bits per heavy atom. The maximum Gasteiger partial charge on any atom is 0.196 e. The topological polar surface area (TPSA) is 54.9 Å². The SMILES string of the molecule is Cl.O=C(c1ccccc1)c1cnc2cc3c(cc2c1N1CCN(c2ccc(F)cc2)CC1)OCCO3. The van der Waals surface area contributed by atoms with E-state index in [0.717, 1.165) is 35.4 Å². The molecule has 3 aromatic carbocycles. The van der Waals surface area contributed by atoms with Crippen LogP contribution in [0.5, 0.6) is 11.5 Å². The molecule has 0 bridgehead atoms. The van der Waals surface area contributed by atoms with Crippen LogP contribution in [0.3, 0.4) is 0 Å². The second-order valence-corrected chi connectivity index (χ2v) is 8.68. The summed E-state index contributed by atoms with van der Waals surface area (Å²) in [6, 6.07) is 19.7. The highest BCUT2D eigenvalue weighted by atomic mass is 35.5. The lowest BCUT2D eigenvalue weighted by Gasteiger charge is -2.38. The lowest BCUT2D eigenvalue weighted by molar-refractivity contribution is 0.103. The van der Waals surface area contributed by atoms with Crippen LogP contribution in [0.1, 0.15) is 15.9 Å². The Labute approximate surface area is 214 Å². The van der Waals surface area contributed by atoms with Crippen molar-refractivity contribution in [2.45, 2.75) is 0 Å². The molecule has 184 valence electrons. The van der Waals surface area contributed by atoms with Crippen molar-refractivity contribution in [3.8, 4) is 11.5 Å². The Hall–Kier alpha value is -3.84. The van der Waals surface area contributed by atoms with Crippen LogP contribution in [0.25, 0.3) is 10.9 Å². The fraction of sp³-hybridized carbons (Fsp3) is 0.214. The molecular formula is C28H25ClFN3O3. The Morgan fingerprint density at radius 2 is 1.47 bits per heavy atom. The molecule has 36 heavy (non-hydrogen) atoms. The highest BCUT2D eigenvalue weighted by molar-refractivity contribution is 6.16. The number of anilines is 2. The summed E-state index contributed by atoms with van der Waals surface area (Å²) in [6.45, 7) is 3.90. The van der Waals surface area contributed by atoms with E-state index in [1.165, 1.54) is 12.1 Å². The van der Waals surface area contributed by atoms with E-state index >= 15 is 0 Å². The number of benzene rings is 3. The number of carbonyl (C=O) groups is 1. The molecule has 2 aliphatic heterocycles. The number of halogens is 2. The maximum atomic E-state index is 13.6. The highest BCUT2D eigenvalue weighted by Crippen LogP contribution is 2.40. The number of pyridine rings is 1. The molecule has 6 rings (SSSR count). The van der Waals surface area contributed by atoms with Crippen LogP contribution in [0.2, 0.25) is 0 Å². The molecule has 1 aromatic heterocycles. The third kappa shape index (κ3) is 4.42. The van der Waals surface area contributed by atoms with Crippen molar-refractivity contribution in [3.63, 3.8) is 0 Å². The van der Waals surface area contributed by atoms with Gasteiger partial charge in [0.05, 0.1) is 16.8 Å². The number of piperazine rings is 1. The Bertz CT molecular complexity index is 1390. The van der Waals surface area contributed by atoms with Gasteiger partial charge in [-0.1, -0.05) is 30.3 Å². The van der Waals surface area contributed by atoms with Crippen molar-refractivity contribution in [2.75, 3.05) is 49.2 Å². The van der Waals surface area contributed by atoms with Gasteiger partial charge in [0, 0.05) is 55.1 Å². The smallest absolute Gasteiger partial charge is 0.196 e. The van der Waals surface area contributed by atoms with E-state index in [1.54, 1.807) is 18.3 Å². The number of hydrogen-bond acceptors (Lipinski definition) is 6. The first-order valence-corrected chi connectivity index (χ1v) is 11.7. The van der Waals surface area contributed by atoms with Crippen LogP contribution >= 0.6 is 12.4 Å². The fourth-order valence-corrected chi connectivity index (χ4v) is 4.81. The fourth-order valence-electron chi connectivity index (χ4n) is 4.81. The molecule has 0 spiro atoms. The molecule has 0 N–H and O–H groups in total. The van der Waals surface area contributed by atoms with Gasteiger partial charge < -0.3 is 19.3 Å². The first kappa shape index (κ1) is 23.9. The maximum absolute atomic E-state index is 13.6. The average Bonchev–Trinajstić information content (AvgIpc) is 2.92. The van der Waals surface area contributed by atoms with Crippen LogP contribution in [0.15, 0.2) is 72.9 Å². The van der Waals surface area contributed by atoms with Crippen molar-refractivity contribution in [2.24, 2.45) is 0 Å². The first-order chi connectivity index (χ1) is 17.2. The summed E-state index contributed by atoms with van der Waals surface area (Å²) < 4.78 is 25.0. The number of ether oxygens (including phenoxy) is 2. The minimum atomic E-state index is -0.241. The molecule has 0 aliphatic carbocycles. The predicted molar refractivity (Wildman–Crippen MR) is 141 cm³/mol. The molecule has 0 amide bonds. The van der Waals surface area contributed by atoms with Crippen molar-refractivity contribution >= 4 is 40.5 Å². The predicted octanol–water partition coefficient (Wildman–Crippen LogP) is 5.12. The van der Waals surface area contributed by atoms with E-state index in [2.05, 4.69) is 14.8 Å². The van der Waals surface area contributed by atoms with Crippen LogP contribution < -0.4 is 19.3 Å². The number of hydrogen-bond donors (Lipinski definition) is 0. The zero-order chi connectivity index (χ0) is 23.8. The summed E-state index contributed by atoms with van der Waals surface area (Å²) in [6.07, 6.45) is 1.68. The number of fused-ring (bicyclic) bond motifs is 2. The van der Waals surface area contributed by atoms with Gasteiger partial charge in [-0.15, -0.1) is 12.4 Å². The van der Waals surface area contributed by atoms with Gasteiger partial charge in [0.15, 0.2) is 17.3 Å². The summed E-state index contributed by atoms with van der Waals surface area (Å²) in [4.78, 5) is 22.7. The van der Waals surface area contributed by atoms with E-state index in [9.17, 15) is 9.18 Å². The zero-order valence-corrected chi connectivity index (χ0v) is 20.3. The summed E-state index contributed by atoms with van der Waals surface area (Å²) in [7, 11) is 0. The van der Waals surface area contributed by atoms with Crippen molar-refractivity contribution in [3.05, 3.63) is 89.9 Å². The van der Waals surface area contributed by atoms with E-state index in [0.29, 0.717) is 48.9 Å². The Kier molecular flexibility index (Phi) is 6.65. The molecule has 0 saturated carbocycles. The molecule has 0 radical (unpaired) electrons. The summed E-state index contributed by atoms with van der Waals surface area (Å²) in [5.41, 5.74) is 3.80. The van der Waals surface area contributed by atoms with Gasteiger partial charge in [0.25, 0.3) is 0 Å². The minimum Gasteiger partial charge on any atom is -0.486 e. The molecule has 3 heterocycles. The monoisotopic (exact) mass is 505 g/mol. The van der Waals surface area contributed by atoms with Gasteiger partial charge in [0.2, 0.25) is 0 Å². The average molecular weight is 506 g/mol. The number of carbonyl (C=O) groups excluding carboxylic acids is 1. The van der Waals surface area contributed by atoms with E-state index < -0.39 is 0 Å². The minimum absolute atomic E-state index is 0. The number of ketones is 1. The van der Waals surface area contributed by atoms with Gasteiger partial charge in [-0.05, 0) is 30.3 Å². The molecule has 2 aliphatic rings. The number of aromatic nitrogens is 1. The molecule has 1 saturated heterocycles. The molecule has 0 unspecified atom stereocenters. The summed E-state index contributed by atoms with van der Waals surface area (Å²) >= 11 is 0. The third-order valence-electron chi connectivity index (χ3n) is 6.57. The lowest BCUT2D eigenvalue weighted by Crippen LogP contribution is -2.47. The van der Waals surface area contributed by atoms with Gasteiger partial charge in [-0.2, -0.15) is 0 Å². The molecular weight excluding hydrogens is 481 g/mol. The second kappa shape index (κ2) is 10.0. The molecule has 0 atom stereocenters. The van der Waals surface area contributed by atoms with Crippen LogP contribution in [-0.2, 0) is 0 Å². The summed E-state index contributed by atoms with van der Waals surface area (Å²) in [5.74, 6) is 1.03. The van der Waals surface area contributed by atoms with E-state index in [4.69, 9.17) is 9.47 Å². The van der Waals surface area contributed by atoms with Crippen molar-refractivity contribution in [1.29, 1.82) is 0 Å². The molecule has 1 fully saturated rings. The first-order valence-electron chi connectivity index (χ1n) is 11.7. The molecule has 8 heteroatoms. The van der Waals surface area contributed by atoms with Gasteiger partial charge in [-0.25, -0.2) is 4.39 Å². The third-order valence-corrected chi connectivity index (χ3v) is 6.57. The molecule has 6 nitrogen and oxygen atoms in total. The van der Waals surface area contributed by atoms with Crippen LogP contribution in [0.4, 0.5) is 15.8 Å². The van der Waals surface area contributed by atoms with Crippen molar-refractivity contribution < 1.29 is 18.7 Å². The quantitative estimate of drug-likeness (QED) is 0.359. The zero-order valence-electron chi connectivity index (χ0n) is 19.5. The van der Waals surface area contributed by atoms with Gasteiger partial charge >= 0.3 is 0 Å². The second-order valence-electron chi connectivity index (χ2n) is 8.68. The van der Waals surface area contributed by atoms with Crippen molar-refractivity contribution in [1.82, 2.24) is 4.98 Å². The Morgan fingerprint density at radius 3 is 2.17 bits per heavy atom. The summed E-state index contributed by atoms with van der Waals surface area (Å²) in [5, 5.41) is 0.867. The number of nitrogens with zero attached hydrogens (tertiary/aromatic N) is 3. The highest BCUT2D eigenvalue weighted by Gasteiger charge is 2.26. The lowest BCUT2D eigenvalue weighted by atomic mass is 9.99. The van der Waals surface area contributed by atoms with E-state index in [1.807, 2.05) is 42.5 Å².